The van der Waals surface area contributed by atoms with Crippen molar-refractivity contribution in [2.24, 2.45) is 0 Å². The Morgan fingerprint density at radius 2 is 0.944 bits per heavy atom. The Labute approximate surface area is 317 Å². The molecule has 0 saturated heterocycles. The molecule has 0 spiro atoms. The van der Waals surface area contributed by atoms with Crippen molar-refractivity contribution in [3.63, 3.8) is 0 Å². The largest absolute Gasteiger partial charge is 0.252 e. The Morgan fingerprint density at radius 1 is 0.370 bits per heavy atom. The Balaban J connectivity index is 1.04. The fraction of sp³-hybridized carbons (Fsp3) is 0. The van der Waals surface area contributed by atoms with Gasteiger partial charge >= 0.3 is 0 Å². The number of fused-ring (bicyclic) bond motifs is 7. The van der Waals surface area contributed by atoms with Crippen LogP contribution in [0.1, 0.15) is 0 Å². The third-order valence-electron chi connectivity index (χ3n) is 9.80. The molecule has 5 heterocycles. The van der Waals surface area contributed by atoms with E-state index in [0.717, 1.165) is 54.3 Å². The summed E-state index contributed by atoms with van der Waals surface area (Å²) < 4.78 is 4.84. The maximum Gasteiger partial charge on any atom is 0.182 e. The second kappa shape index (κ2) is 12.4. The Bertz CT molecular complexity index is 3230. The van der Waals surface area contributed by atoms with Crippen molar-refractivity contribution in [3.8, 4) is 56.9 Å². The number of thiophene rings is 2. The second-order valence-corrected chi connectivity index (χ2v) is 15.3. The standard InChI is InChI=1S/C46H26N6S2/c1-2-10-27(11-3-1)44-50-45(52-46(51-44)36-25-30-12-4-5-13-32(30)26-47-36)29-20-18-28(19-21-29)43-48-40(42-41(49-43)34-15-7-9-17-38(34)54-42)31-22-23-39-35(24-31)33-14-6-8-16-37(33)53-39/h1-26H. The van der Waals surface area contributed by atoms with Gasteiger partial charge in [0.25, 0.3) is 0 Å². The molecule has 11 rings (SSSR count). The monoisotopic (exact) mass is 726 g/mol. The summed E-state index contributed by atoms with van der Waals surface area (Å²) in [7, 11) is 0. The SMILES string of the molecule is c1ccc(-c2nc(-c3ccc(-c4nc(-c5ccc6sc7ccccc7c6c5)c5sc6ccccc6c5n4)cc3)nc(-c3cc4ccccc4cn3)n2)cc1. The first kappa shape index (κ1) is 30.8. The van der Waals surface area contributed by atoms with Gasteiger partial charge in [0, 0.05) is 64.1 Å². The van der Waals surface area contributed by atoms with Gasteiger partial charge in [0.2, 0.25) is 0 Å². The number of rotatable bonds is 5. The van der Waals surface area contributed by atoms with E-state index in [0.29, 0.717) is 29.0 Å². The van der Waals surface area contributed by atoms with Crippen LogP contribution in [0.4, 0.5) is 0 Å². The molecule has 0 bridgehead atoms. The predicted octanol–water partition coefficient (Wildman–Crippen LogP) is 12.3. The number of benzene rings is 6. The fourth-order valence-corrected chi connectivity index (χ4v) is 9.34. The first-order valence-corrected chi connectivity index (χ1v) is 19.2. The van der Waals surface area contributed by atoms with E-state index in [4.69, 9.17) is 29.9 Å². The van der Waals surface area contributed by atoms with E-state index in [-0.39, 0.29) is 0 Å². The van der Waals surface area contributed by atoms with Gasteiger partial charge < -0.3 is 0 Å². The number of hydrogen-bond donors (Lipinski definition) is 0. The normalized spacial score (nSPS) is 11.7. The van der Waals surface area contributed by atoms with Gasteiger partial charge in [-0.1, -0.05) is 121 Å². The van der Waals surface area contributed by atoms with E-state index in [2.05, 4.69) is 91.0 Å². The summed E-state index contributed by atoms with van der Waals surface area (Å²) in [5.41, 5.74) is 6.35. The van der Waals surface area contributed by atoms with E-state index >= 15 is 0 Å². The molecular weight excluding hydrogens is 701 g/mol. The van der Waals surface area contributed by atoms with Crippen molar-refractivity contribution in [2.75, 3.05) is 0 Å². The second-order valence-electron chi connectivity index (χ2n) is 13.1. The first-order chi connectivity index (χ1) is 26.7. The summed E-state index contributed by atoms with van der Waals surface area (Å²) in [6.45, 7) is 0. The highest BCUT2D eigenvalue weighted by molar-refractivity contribution is 7.26. The van der Waals surface area contributed by atoms with Crippen molar-refractivity contribution in [2.45, 2.75) is 0 Å². The molecule has 11 aromatic rings. The Morgan fingerprint density at radius 3 is 1.72 bits per heavy atom. The quantitative estimate of drug-likeness (QED) is 0.176. The molecule has 0 unspecified atom stereocenters. The van der Waals surface area contributed by atoms with Gasteiger partial charge in [0.1, 0.15) is 5.69 Å². The maximum atomic E-state index is 5.30. The van der Waals surface area contributed by atoms with E-state index in [1.54, 1.807) is 11.3 Å². The molecule has 5 aromatic heterocycles. The molecule has 0 aliphatic carbocycles. The minimum Gasteiger partial charge on any atom is -0.252 e. The number of aromatic nitrogens is 6. The van der Waals surface area contributed by atoms with Crippen LogP contribution in [-0.2, 0) is 0 Å². The van der Waals surface area contributed by atoms with Crippen LogP contribution < -0.4 is 0 Å². The lowest BCUT2D eigenvalue weighted by Gasteiger charge is -2.10. The molecule has 8 heteroatoms. The van der Waals surface area contributed by atoms with Crippen LogP contribution >= 0.6 is 22.7 Å². The van der Waals surface area contributed by atoms with Crippen molar-refractivity contribution in [3.05, 3.63) is 158 Å². The predicted molar refractivity (Wildman–Crippen MR) is 224 cm³/mol. The molecule has 0 N–H and O–H groups in total. The van der Waals surface area contributed by atoms with Crippen LogP contribution in [0.3, 0.4) is 0 Å². The van der Waals surface area contributed by atoms with Gasteiger partial charge in [-0.3, -0.25) is 4.98 Å². The fourth-order valence-electron chi connectivity index (χ4n) is 7.10. The van der Waals surface area contributed by atoms with E-state index in [1.807, 2.05) is 78.2 Å². The van der Waals surface area contributed by atoms with Crippen LogP contribution in [-0.4, -0.2) is 29.9 Å². The molecule has 0 aliphatic rings. The molecule has 0 atom stereocenters. The zero-order valence-corrected chi connectivity index (χ0v) is 30.1. The van der Waals surface area contributed by atoms with Crippen LogP contribution in [0.25, 0.3) is 108 Å². The summed E-state index contributed by atoms with van der Waals surface area (Å²) in [5.74, 6) is 2.35. The average Bonchev–Trinajstić information content (AvgIpc) is 3.81. The molecule has 0 fully saturated rings. The van der Waals surface area contributed by atoms with Gasteiger partial charge in [-0.2, -0.15) is 0 Å². The molecule has 0 aliphatic heterocycles. The maximum absolute atomic E-state index is 5.30. The number of nitrogens with zero attached hydrogens (tertiary/aromatic N) is 6. The van der Waals surface area contributed by atoms with Gasteiger partial charge in [0.15, 0.2) is 23.3 Å². The Kier molecular flexibility index (Phi) is 7.11. The highest BCUT2D eigenvalue weighted by Gasteiger charge is 2.19. The van der Waals surface area contributed by atoms with Crippen molar-refractivity contribution in [1.82, 2.24) is 29.9 Å². The minimum absolute atomic E-state index is 0.520. The third-order valence-corrected chi connectivity index (χ3v) is 12.1. The minimum atomic E-state index is 0.520. The van der Waals surface area contributed by atoms with Crippen LogP contribution in [0.2, 0.25) is 0 Å². The van der Waals surface area contributed by atoms with E-state index in [1.165, 1.54) is 24.9 Å². The number of hydrogen-bond acceptors (Lipinski definition) is 8. The Hall–Kier alpha value is -6.74. The highest BCUT2D eigenvalue weighted by Crippen LogP contribution is 2.42. The lowest BCUT2D eigenvalue weighted by Crippen LogP contribution is -2.01. The summed E-state index contributed by atoms with van der Waals surface area (Å²) in [5, 5.41) is 5.79. The van der Waals surface area contributed by atoms with Gasteiger partial charge in [0.05, 0.1) is 15.9 Å². The number of pyridine rings is 1. The summed E-state index contributed by atoms with van der Waals surface area (Å²) in [6, 6.07) is 52.2. The van der Waals surface area contributed by atoms with Crippen LogP contribution in [0, 0.1) is 0 Å². The van der Waals surface area contributed by atoms with Crippen LogP contribution in [0.5, 0.6) is 0 Å². The van der Waals surface area contributed by atoms with E-state index in [9.17, 15) is 0 Å². The molecular formula is C46H26N6S2. The summed E-state index contributed by atoms with van der Waals surface area (Å²) in [4.78, 5) is 30.0. The summed E-state index contributed by atoms with van der Waals surface area (Å²) >= 11 is 3.57. The smallest absolute Gasteiger partial charge is 0.182 e. The topological polar surface area (TPSA) is 77.3 Å². The van der Waals surface area contributed by atoms with Crippen molar-refractivity contribution in [1.29, 1.82) is 0 Å². The van der Waals surface area contributed by atoms with Crippen molar-refractivity contribution < 1.29 is 0 Å². The zero-order chi connectivity index (χ0) is 35.6. The van der Waals surface area contributed by atoms with E-state index < -0.39 is 0 Å². The lowest BCUT2D eigenvalue weighted by atomic mass is 10.1. The molecule has 0 saturated carbocycles. The summed E-state index contributed by atoms with van der Waals surface area (Å²) in [6.07, 6.45) is 1.87. The van der Waals surface area contributed by atoms with Gasteiger partial charge in [-0.15, -0.1) is 22.7 Å². The molecule has 6 aromatic carbocycles. The zero-order valence-electron chi connectivity index (χ0n) is 28.5. The molecule has 0 radical (unpaired) electrons. The first-order valence-electron chi connectivity index (χ1n) is 17.6. The lowest BCUT2D eigenvalue weighted by molar-refractivity contribution is 1.06. The van der Waals surface area contributed by atoms with Gasteiger partial charge in [-0.05, 0) is 35.7 Å². The molecule has 54 heavy (non-hydrogen) atoms. The van der Waals surface area contributed by atoms with Crippen LogP contribution in [0.15, 0.2) is 158 Å². The highest BCUT2D eigenvalue weighted by atomic mass is 32.1. The van der Waals surface area contributed by atoms with Gasteiger partial charge in [-0.25, -0.2) is 24.9 Å². The molecule has 252 valence electrons. The molecule has 0 amide bonds. The average molecular weight is 727 g/mol. The third kappa shape index (κ3) is 5.23. The molecule has 6 nitrogen and oxygen atoms in total. The van der Waals surface area contributed by atoms with Crippen molar-refractivity contribution >= 4 is 73.9 Å².